The highest BCUT2D eigenvalue weighted by atomic mass is 35.5. The van der Waals surface area contributed by atoms with Crippen LogP contribution in [0.15, 0.2) is 60.4 Å². The van der Waals surface area contributed by atoms with E-state index in [-0.39, 0.29) is 33.8 Å². The monoisotopic (exact) mass is 573 g/mol. The van der Waals surface area contributed by atoms with E-state index >= 15 is 0 Å². The first-order valence-electron chi connectivity index (χ1n) is 11.2. The summed E-state index contributed by atoms with van der Waals surface area (Å²) in [5.41, 5.74) is 2.92. The number of ether oxygens (including phenoxy) is 2. The van der Waals surface area contributed by atoms with E-state index in [2.05, 4.69) is 40.4 Å². The number of urea groups is 1. The first kappa shape index (κ1) is 26.1. The zero-order valence-electron chi connectivity index (χ0n) is 19.9. The number of rotatable bonds is 7. The van der Waals surface area contributed by atoms with E-state index < -0.39 is 18.2 Å². The lowest BCUT2D eigenvalue weighted by Crippen LogP contribution is -2.31. The molecule has 4 heterocycles. The van der Waals surface area contributed by atoms with Crippen molar-refractivity contribution in [2.45, 2.75) is 12.8 Å². The standard InChI is InChI=1S/C24H18ClF2N7O4S/c1-34(15-3-2-7-29-20(15)25)23(36)33-18-9-13(6-8-28-18)11-30-21-19(39-12-31-21)22(35)32-14-4-5-16-17(10-14)38-24(26,27)37-16/h2-10,12,30H,11H2,1H3,(H,32,35)(H,28,33,36). The molecule has 11 nitrogen and oxygen atoms in total. The molecular formula is C24H18ClF2N7O4S. The van der Waals surface area contributed by atoms with Gasteiger partial charge < -0.3 is 20.1 Å². The highest BCUT2D eigenvalue weighted by molar-refractivity contribution is 7.12. The van der Waals surface area contributed by atoms with Crippen LogP contribution in [0.2, 0.25) is 5.15 Å². The van der Waals surface area contributed by atoms with Crippen molar-refractivity contribution >= 4 is 57.9 Å². The third-order valence-corrected chi connectivity index (χ3v) is 6.47. The van der Waals surface area contributed by atoms with E-state index in [9.17, 15) is 18.4 Å². The summed E-state index contributed by atoms with van der Waals surface area (Å²) in [6.07, 6.45) is -0.701. The Bertz CT molecular complexity index is 1550. The Hall–Kier alpha value is -4.56. The third kappa shape index (κ3) is 5.97. The molecule has 1 aliphatic rings. The maximum Gasteiger partial charge on any atom is 0.586 e. The van der Waals surface area contributed by atoms with Crippen molar-refractivity contribution in [3.8, 4) is 11.5 Å². The minimum Gasteiger partial charge on any atom is -0.395 e. The number of halogens is 3. The Labute approximate surface area is 228 Å². The van der Waals surface area contributed by atoms with Crippen LogP contribution in [0.5, 0.6) is 11.5 Å². The summed E-state index contributed by atoms with van der Waals surface area (Å²) in [6, 6.07) is 10.2. The topological polar surface area (TPSA) is 131 Å². The zero-order valence-corrected chi connectivity index (χ0v) is 21.5. The van der Waals surface area contributed by atoms with Gasteiger partial charge >= 0.3 is 12.3 Å². The van der Waals surface area contributed by atoms with Crippen LogP contribution in [-0.2, 0) is 6.54 Å². The molecule has 15 heteroatoms. The molecule has 0 unspecified atom stereocenters. The van der Waals surface area contributed by atoms with Crippen LogP contribution in [0.3, 0.4) is 0 Å². The third-order valence-electron chi connectivity index (χ3n) is 5.36. The Morgan fingerprint density at radius 2 is 1.87 bits per heavy atom. The molecule has 39 heavy (non-hydrogen) atoms. The fourth-order valence-corrected chi connectivity index (χ4v) is 4.42. The quantitative estimate of drug-likeness (QED) is 0.249. The zero-order chi connectivity index (χ0) is 27.6. The van der Waals surface area contributed by atoms with E-state index in [1.165, 1.54) is 41.0 Å². The van der Waals surface area contributed by atoms with Crippen molar-refractivity contribution in [1.82, 2.24) is 15.0 Å². The number of fused-ring (bicyclic) bond motifs is 1. The molecule has 3 N–H and O–H groups in total. The molecule has 1 aromatic carbocycles. The van der Waals surface area contributed by atoms with Crippen LogP contribution in [-0.4, -0.2) is 40.2 Å². The van der Waals surface area contributed by atoms with Crippen molar-refractivity contribution in [1.29, 1.82) is 0 Å². The van der Waals surface area contributed by atoms with Gasteiger partial charge in [-0.15, -0.1) is 20.1 Å². The van der Waals surface area contributed by atoms with Gasteiger partial charge in [0.25, 0.3) is 5.91 Å². The van der Waals surface area contributed by atoms with E-state index in [1.54, 1.807) is 31.3 Å². The van der Waals surface area contributed by atoms with Crippen LogP contribution in [0.25, 0.3) is 0 Å². The lowest BCUT2D eigenvalue weighted by molar-refractivity contribution is -0.286. The first-order chi connectivity index (χ1) is 18.7. The average Bonchev–Trinajstić information content (AvgIpc) is 3.50. The number of benzene rings is 1. The summed E-state index contributed by atoms with van der Waals surface area (Å²) < 4.78 is 35.3. The summed E-state index contributed by atoms with van der Waals surface area (Å²) in [5.74, 6) is -0.186. The Morgan fingerprint density at radius 1 is 1.05 bits per heavy atom. The summed E-state index contributed by atoms with van der Waals surface area (Å²) in [7, 11) is 1.55. The minimum absolute atomic E-state index is 0.126. The second kappa shape index (κ2) is 10.7. The maximum absolute atomic E-state index is 13.3. The van der Waals surface area contributed by atoms with Crippen molar-refractivity contribution in [2.24, 2.45) is 0 Å². The number of hydrogen-bond acceptors (Lipinski definition) is 9. The Kier molecular flexibility index (Phi) is 7.13. The molecule has 0 bridgehead atoms. The second-order valence-electron chi connectivity index (χ2n) is 8.02. The summed E-state index contributed by atoms with van der Waals surface area (Å²) in [4.78, 5) is 39.4. The molecule has 3 aromatic heterocycles. The Morgan fingerprint density at radius 3 is 2.69 bits per heavy atom. The smallest absolute Gasteiger partial charge is 0.395 e. The molecule has 4 aromatic rings. The molecule has 1 aliphatic heterocycles. The number of alkyl halides is 2. The SMILES string of the molecule is CN(C(=O)Nc1cc(CNc2ncsc2C(=O)Nc2ccc3c(c2)OC(F)(F)O3)ccn1)c1cccnc1Cl. The number of thiazole rings is 1. The molecule has 0 aliphatic carbocycles. The largest absolute Gasteiger partial charge is 0.586 e. The van der Waals surface area contributed by atoms with Gasteiger partial charge in [0.1, 0.15) is 16.5 Å². The van der Waals surface area contributed by atoms with Crippen LogP contribution in [0.1, 0.15) is 15.2 Å². The van der Waals surface area contributed by atoms with E-state index in [4.69, 9.17) is 11.6 Å². The van der Waals surface area contributed by atoms with E-state index in [0.717, 1.165) is 16.9 Å². The molecular weight excluding hydrogens is 556 g/mol. The lowest BCUT2D eigenvalue weighted by Gasteiger charge is -2.18. The van der Waals surface area contributed by atoms with E-state index in [1.807, 2.05) is 0 Å². The van der Waals surface area contributed by atoms with Gasteiger partial charge in [0.05, 0.1) is 11.2 Å². The van der Waals surface area contributed by atoms with Crippen LogP contribution in [0, 0.1) is 0 Å². The predicted octanol–water partition coefficient (Wildman–Crippen LogP) is 5.44. The van der Waals surface area contributed by atoms with Gasteiger partial charge in [-0.3, -0.25) is 15.0 Å². The van der Waals surface area contributed by atoms with Gasteiger partial charge in [0.2, 0.25) is 0 Å². The number of amides is 3. The maximum atomic E-state index is 13.3. The fraction of sp³-hybridized carbons (Fsp3) is 0.125. The van der Waals surface area contributed by atoms with Gasteiger partial charge in [-0.25, -0.2) is 19.7 Å². The number of hydrogen-bond donors (Lipinski definition) is 3. The van der Waals surface area contributed by atoms with Crippen LogP contribution >= 0.6 is 22.9 Å². The first-order valence-corrected chi connectivity index (χ1v) is 12.4. The van der Waals surface area contributed by atoms with Crippen molar-refractivity contribution in [2.75, 3.05) is 27.9 Å². The number of nitrogens with zero attached hydrogens (tertiary/aromatic N) is 4. The number of carbonyl (C=O) groups excluding carboxylic acids is 2. The molecule has 5 rings (SSSR count). The van der Waals surface area contributed by atoms with Gasteiger partial charge in [0, 0.05) is 37.7 Å². The van der Waals surface area contributed by atoms with Crippen molar-refractivity contribution < 1.29 is 27.8 Å². The predicted molar refractivity (Wildman–Crippen MR) is 141 cm³/mol. The minimum atomic E-state index is -3.75. The van der Waals surface area contributed by atoms with Gasteiger partial charge in [-0.2, -0.15) is 0 Å². The highest BCUT2D eigenvalue weighted by Gasteiger charge is 2.43. The molecule has 0 saturated heterocycles. The van der Waals surface area contributed by atoms with Gasteiger partial charge in [-0.1, -0.05) is 11.6 Å². The van der Waals surface area contributed by atoms with Gasteiger partial charge in [-0.05, 0) is 42.0 Å². The van der Waals surface area contributed by atoms with Crippen LogP contribution in [0.4, 0.5) is 36.6 Å². The number of anilines is 4. The summed E-state index contributed by atoms with van der Waals surface area (Å²) >= 11 is 7.16. The number of aromatic nitrogens is 3. The van der Waals surface area contributed by atoms with E-state index in [0.29, 0.717) is 17.3 Å². The summed E-state index contributed by atoms with van der Waals surface area (Å²) in [6.45, 7) is 0.263. The molecule has 0 spiro atoms. The van der Waals surface area contributed by atoms with Crippen LogP contribution < -0.4 is 30.3 Å². The fourth-order valence-electron chi connectivity index (χ4n) is 3.52. The Balaban J connectivity index is 1.20. The second-order valence-corrected chi connectivity index (χ2v) is 9.23. The number of carbonyl (C=O) groups is 2. The normalized spacial score (nSPS) is 13.0. The average molecular weight is 574 g/mol. The number of pyridine rings is 2. The lowest BCUT2D eigenvalue weighted by atomic mass is 10.2. The molecule has 0 fully saturated rings. The molecule has 0 radical (unpaired) electrons. The molecule has 0 atom stereocenters. The summed E-state index contributed by atoms with van der Waals surface area (Å²) in [5, 5.41) is 8.60. The van der Waals surface area contributed by atoms with Crippen molar-refractivity contribution in [3.63, 3.8) is 0 Å². The highest BCUT2D eigenvalue weighted by Crippen LogP contribution is 2.42. The number of nitrogens with one attached hydrogen (secondary N) is 3. The molecule has 3 amide bonds. The molecule has 0 saturated carbocycles. The molecule has 200 valence electrons. The van der Waals surface area contributed by atoms with Gasteiger partial charge in [0.15, 0.2) is 16.7 Å². The van der Waals surface area contributed by atoms with Crippen molar-refractivity contribution in [3.05, 3.63) is 76.0 Å².